The van der Waals surface area contributed by atoms with Crippen LogP contribution in [0.4, 0.5) is 0 Å². The van der Waals surface area contributed by atoms with E-state index in [2.05, 4.69) is 0 Å². The largest absolute Gasteiger partial charge is 0.512 e. The molecule has 2 rings (SSSR count). The topological polar surface area (TPSA) is 90.2 Å². The van der Waals surface area contributed by atoms with Crippen LogP contribution in [0.3, 0.4) is 0 Å². The maximum Gasteiger partial charge on any atom is 0.186 e. The molecule has 0 aliphatic heterocycles. The number of aliphatic hydroxyl groups is 4. The minimum absolute atomic E-state index is 0.0762. The molecule has 0 bridgehead atoms. The zero-order valence-corrected chi connectivity index (χ0v) is 11.6. The molecule has 2 atom stereocenters. The molecule has 0 heterocycles. The maximum atomic E-state index is 10.1. The highest BCUT2D eigenvalue weighted by atomic mass is 16.6. The van der Waals surface area contributed by atoms with Gasteiger partial charge in [0.15, 0.2) is 6.79 Å². The smallest absolute Gasteiger partial charge is 0.186 e. The number of para-hydroxylation sites is 1. The highest BCUT2D eigenvalue weighted by molar-refractivity contribution is 5.39. The van der Waals surface area contributed by atoms with Crippen molar-refractivity contribution in [2.24, 2.45) is 5.92 Å². The van der Waals surface area contributed by atoms with Gasteiger partial charge in [-0.2, -0.15) is 0 Å². The molecule has 1 aromatic carbocycles. The molecule has 5 heteroatoms. The number of allylic oxidation sites excluding steroid dienone is 3. The van der Waals surface area contributed by atoms with Gasteiger partial charge in [-0.05, 0) is 24.1 Å². The van der Waals surface area contributed by atoms with Crippen LogP contribution in [-0.4, -0.2) is 40.4 Å². The summed E-state index contributed by atoms with van der Waals surface area (Å²) in [5.74, 6) is -0.0538. The van der Waals surface area contributed by atoms with Gasteiger partial charge in [0, 0.05) is 17.4 Å². The van der Waals surface area contributed by atoms with Crippen LogP contribution in [0.5, 0.6) is 5.75 Å². The van der Waals surface area contributed by atoms with Gasteiger partial charge in [0.25, 0.3) is 0 Å². The van der Waals surface area contributed by atoms with Crippen LogP contribution in [0.2, 0.25) is 0 Å². The van der Waals surface area contributed by atoms with E-state index in [0.29, 0.717) is 12.2 Å². The van der Waals surface area contributed by atoms with Gasteiger partial charge < -0.3 is 25.2 Å². The Bertz CT molecular complexity index is 535. The second kappa shape index (κ2) is 7.26. The third kappa shape index (κ3) is 3.44. The van der Waals surface area contributed by atoms with E-state index in [1.165, 1.54) is 0 Å². The summed E-state index contributed by atoms with van der Waals surface area (Å²) >= 11 is 0. The Morgan fingerprint density at radius 2 is 1.90 bits per heavy atom. The third-order valence-corrected chi connectivity index (χ3v) is 3.78. The molecule has 1 aromatic rings. The summed E-state index contributed by atoms with van der Waals surface area (Å²) in [4.78, 5) is 0. The second-order valence-corrected chi connectivity index (χ2v) is 4.99. The molecule has 0 radical (unpaired) electrons. The lowest BCUT2D eigenvalue weighted by Crippen LogP contribution is -2.22. The molecule has 4 N–H and O–H groups in total. The van der Waals surface area contributed by atoms with Crippen LogP contribution < -0.4 is 4.74 Å². The summed E-state index contributed by atoms with van der Waals surface area (Å²) in [5, 5.41) is 38.1. The van der Waals surface area contributed by atoms with E-state index in [1.807, 2.05) is 6.07 Å². The van der Waals surface area contributed by atoms with E-state index < -0.39 is 6.79 Å². The van der Waals surface area contributed by atoms with Crippen molar-refractivity contribution in [2.45, 2.75) is 12.3 Å². The molecule has 0 saturated carbocycles. The lowest BCUT2D eigenvalue weighted by molar-refractivity contribution is 0.0955. The van der Waals surface area contributed by atoms with Gasteiger partial charge in [-0.25, -0.2) is 0 Å². The summed E-state index contributed by atoms with van der Waals surface area (Å²) < 4.78 is 5.18. The number of hydrogen-bond donors (Lipinski definition) is 4. The van der Waals surface area contributed by atoms with Crippen LogP contribution in [0.1, 0.15) is 17.9 Å². The predicted octanol–water partition coefficient (Wildman–Crippen LogP) is 1.47. The molecule has 2 unspecified atom stereocenters. The molecule has 0 spiro atoms. The van der Waals surface area contributed by atoms with Crippen LogP contribution in [-0.2, 0) is 0 Å². The fourth-order valence-corrected chi connectivity index (χ4v) is 2.68. The highest BCUT2D eigenvalue weighted by Crippen LogP contribution is 2.39. The van der Waals surface area contributed by atoms with Gasteiger partial charge in [0.1, 0.15) is 5.75 Å². The monoisotopic (exact) mass is 292 g/mol. The average Bonchev–Trinajstić information content (AvgIpc) is 2.51. The molecule has 0 aromatic heterocycles. The molecule has 21 heavy (non-hydrogen) atoms. The first kappa shape index (κ1) is 15.6. The van der Waals surface area contributed by atoms with Crippen molar-refractivity contribution in [3.63, 3.8) is 0 Å². The minimum Gasteiger partial charge on any atom is -0.512 e. The van der Waals surface area contributed by atoms with Crippen molar-refractivity contribution in [2.75, 3.05) is 20.0 Å². The third-order valence-electron chi connectivity index (χ3n) is 3.78. The van der Waals surface area contributed by atoms with Crippen molar-refractivity contribution < 1.29 is 25.2 Å². The van der Waals surface area contributed by atoms with Gasteiger partial charge in [-0.15, -0.1) is 0 Å². The summed E-state index contributed by atoms with van der Waals surface area (Å²) in [5.41, 5.74) is 1.52. The number of rotatable bonds is 6. The molecular formula is C16H20O5. The molecular weight excluding hydrogens is 272 g/mol. The van der Waals surface area contributed by atoms with E-state index in [-0.39, 0.29) is 30.8 Å². The Kier molecular flexibility index (Phi) is 5.38. The quantitative estimate of drug-likeness (QED) is 0.596. The maximum absolute atomic E-state index is 10.1. The molecule has 0 saturated heterocycles. The minimum atomic E-state index is -0.455. The summed E-state index contributed by atoms with van der Waals surface area (Å²) in [6, 6.07) is 7.10. The van der Waals surface area contributed by atoms with E-state index in [0.717, 1.165) is 11.1 Å². The Morgan fingerprint density at radius 3 is 2.57 bits per heavy atom. The highest BCUT2D eigenvalue weighted by Gasteiger charge is 2.30. The Morgan fingerprint density at radius 1 is 1.14 bits per heavy atom. The standard InChI is InChI=1S/C16H20O5/c17-8-11-5-6-15(20)13(7-11)14(9-18)12-3-1-2-4-16(12)21-10-19/h1-6,13-14,17-20H,7-10H2. The lowest BCUT2D eigenvalue weighted by atomic mass is 9.79. The Balaban J connectivity index is 2.32. The van der Waals surface area contributed by atoms with Crippen molar-refractivity contribution in [3.05, 3.63) is 53.3 Å². The van der Waals surface area contributed by atoms with Crippen molar-refractivity contribution in [1.29, 1.82) is 0 Å². The number of hydrogen-bond acceptors (Lipinski definition) is 5. The van der Waals surface area contributed by atoms with E-state index >= 15 is 0 Å². The molecule has 0 fully saturated rings. The molecule has 1 aliphatic rings. The van der Waals surface area contributed by atoms with Gasteiger partial charge in [-0.3, -0.25) is 0 Å². The van der Waals surface area contributed by atoms with Gasteiger partial charge >= 0.3 is 0 Å². The lowest BCUT2D eigenvalue weighted by Gasteiger charge is -2.29. The van der Waals surface area contributed by atoms with Crippen molar-refractivity contribution >= 4 is 0 Å². The first-order chi connectivity index (χ1) is 10.2. The zero-order chi connectivity index (χ0) is 15.2. The normalized spacial score (nSPS) is 19.7. The Labute approximate surface area is 123 Å². The van der Waals surface area contributed by atoms with Gasteiger partial charge in [0.05, 0.1) is 19.0 Å². The van der Waals surface area contributed by atoms with Crippen LogP contribution in [0.25, 0.3) is 0 Å². The van der Waals surface area contributed by atoms with E-state index in [9.17, 15) is 15.3 Å². The summed E-state index contributed by atoms with van der Waals surface area (Å²) in [6.45, 7) is -0.705. The average molecular weight is 292 g/mol. The van der Waals surface area contributed by atoms with Crippen LogP contribution >= 0.6 is 0 Å². The van der Waals surface area contributed by atoms with Crippen LogP contribution in [0.15, 0.2) is 47.7 Å². The summed E-state index contributed by atoms with van der Waals surface area (Å²) in [7, 11) is 0. The second-order valence-electron chi connectivity index (χ2n) is 4.99. The summed E-state index contributed by atoms with van der Waals surface area (Å²) in [6.07, 6.45) is 3.71. The number of benzene rings is 1. The molecule has 1 aliphatic carbocycles. The number of aliphatic hydroxyl groups excluding tert-OH is 4. The molecule has 0 amide bonds. The first-order valence-electron chi connectivity index (χ1n) is 6.84. The molecule has 5 nitrogen and oxygen atoms in total. The number of ether oxygens (including phenoxy) is 1. The fraction of sp³-hybridized carbons (Fsp3) is 0.375. The van der Waals surface area contributed by atoms with E-state index in [1.54, 1.807) is 30.4 Å². The van der Waals surface area contributed by atoms with Crippen molar-refractivity contribution in [1.82, 2.24) is 0 Å². The van der Waals surface area contributed by atoms with E-state index in [4.69, 9.17) is 9.84 Å². The zero-order valence-electron chi connectivity index (χ0n) is 11.6. The van der Waals surface area contributed by atoms with Gasteiger partial charge in [-0.1, -0.05) is 24.3 Å². The predicted molar refractivity (Wildman–Crippen MR) is 78.0 cm³/mol. The SMILES string of the molecule is OCOc1ccccc1C(CO)C1CC(CO)=CC=C1O. The van der Waals surface area contributed by atoms with Crippen molar-refractivity contribution in [3.8, 4) is 5.75 Å². The molecule has 114 valence electrons. The van der Waals surface area contributed by atoms with Gasteiger partial charge in [0.2, 0.25) is 0 Å². The van der Waals surface area contributed by atoms with Crippen LogP contribution in [0, 0.1) is 5.92 Å². The Hall–Kier alpha value is -1.82. The fourth-order valence-electron chi connectivity index (χ4n) is 2.68. The first-order valence-corrected chi connectivity index (χ1v) is 6.84.